The van der Waals surface area contributed by atoms with E-state index < -0.39 is 11.5 Å². The van der Waals surface area contributed by atoms with Crippen LogP contribution in [0, 0.1) is 0 Å². The van der Waals surface area contributed by atoms with Gasteiger partial charge in [-0.2, -0.15) is 11.8 Å². The van der Waals surface area contributed by atoms with E-state index in [0.717, 1.165) is 5.75 Å². The summed E-state index contributed by atoms with van der Waals surface area (Å²) in [6.45, 7) is 3.56. The second kappa shape index (κ2) is 5.54. The molecule has 0 radical (unpaired) electrons. The highest BCUT2D eigenvalue weighted by atomic mass is 32.2. The first-order valence-corrected chi connectivity index (χ1v) is 6.35. The molecule has 1 aliphatic rings. The van der Waals surface area contributed by atoms with Crippen LogP contribution >= 0.6 is 11.8 Å². The number of carbonyl (C=O) groups is 2. The average molecular weight is 247 g/mol. The number of nitrogens with one attached hydrogen (secondary N) is 1. The maximum absolute atomic E-state index is 11.5. The van der Waals surface area contributed by atoms with Crippen molar-refractivity contribution in [3.05, 3.63) is 0 Å². The summed E-state index contributed by atoms with van der Waals surface area (Å²) in [4.78, 5) is 22.6. The molecule has 1 fully saturated rings. The van der Waals surface area contributed by atoms with Gasteiger partial charge < -0.3 is 15.2 Å². The lowest BCUT2D eigenvalue weighted by Gasteiger charge is -2.24. The SMILES string of the molecule is CC(C)OCC(=O)NC1(C(=O)O)CCSC1. The maximum Gasteiger partial charge on any atom is 0.330 e. The number of hydrogen-bond acceptors (Lipinski definition) is 4. The van der Waals surface area contributed by atoms with E-state index in [1.54, 1.807) is 0 Å². The lowest BCUT2D eigenvalue weighted by molar-refractivity contribution is -0.147. The number of carboxylic acids is 1. The minimum absolute atomic E-state index is 0.0375. The van der Waals surface area contributed by atoms with Crippen LogP contribution in [0.1, 0.15) is 20.3 Å². The molecular weight excluding hydrogens is 230 g/mol. The van der Waals surface area contributed by atoms with Crippen molar-refractivity contribution in [2.24, 2.45) is 0 Å². The molecule has 1 atom stereocenters. The number of amides is 1. The first-order chi connectivity index (χ1) is 7.46. The van der Waals surface area contributed by atoms with Crippen LogP contribution in [0.3, 0.4) is 0 Å². The number of thioether (sulfide) groups is 1. The molecule has 1 unspecified atom stereocenters. The second-order valence-corrected chi connectivity index (χ2v) is 5.20. The molecule has 16 heavy (non-hydrogen) atoms. The number of rotatable bonds is 5. The van der Waals surface area contributed by atoms with Crippen LogP contribution in [0.4, 0.5) is 0 Å². The highest BCUT2D eigenvalue weighted by Gasteiger charge is 2.43. The Morgan fingerprint density at radius 2 is 2.25 bits per heavy atom. The molecule has 0 bridgehead atoms. The van der Waals surface area contributed by atoms with Gasteiger partial charge in [-0.05, 0) is 26.0 Å². The summed E-state index contributed by atoms with van der Waals surface area (Å²) in [5.41, 5.74) is -1.10. The van der Waals surface area contributed by atoms with Gasteiger partial charge in [0.15, 0.2) is 0 Å². The molecule has 0 saturated carbocycles. The van der Waals surface area contributed by atoms with Crippen molar-refractivity contribution in [2.45, 2.75) is 31.9 Å². The summed E-state index contributed by atoms with van der Waals surface area (Å²) in [5.74, 6) is -0.137. The normalized spacial score (nSPS) is 24.7. The average Bonchev–Trinajstić information content (AvgIpc) is 2.64. The van der Waals surface area contributed by atoms with E-state index in [2.05, 4.69) is 5.32 Å². The molecule has 6 heteroatoms. The molecule has 1 aliphatic heterocycles. The van der Waals surface area contributed by atoms with Crippen molar-refractivity contribution in [1.29, 1.82) is 0 Å². The lowest BCUT2D eigenvalue weighted by Crippen LogP contribution is -2.55. The Morgan fingerprint density at radius 3 is 2.69 bits per heavy atom. The summed E-state index contributed by atoms with van der Waals surface area (Å²) in [6.07, 6.45) is 0.435. The van der Waals surface area contributed by atoms with E-state index in [1.807, 2.05) is 13.8 Å². The van der Waals surface area contributed by atoms with Crippen LogP contribution in [0.5, 0.6) is 0 Å². The van der Waals surface area contributed by atoms with E-state index in [9.17, 15) is 9.59 Å². The smallest absolute Gasteiger partial charge is 0.330 e. The summed E-state index contributed by atoms with van der Waals surface area (Å²) in [7, 11) is 0. The van der Waals surface area contributed by atoms with Gasteiger partial charge in [-0.1, -0.05) is 0 Å². The Balaban J connectivity index is 2.49. The van der Waals surface area contributed by atoms with E-state index in [4.69, 9.17) is 9.84 Å². The van der Waals surface area contributed by atoms with Gasteiger partial charge in [0.1, 0.15) is 12.1 Å². The topological polar surface area (TPSA) is 75.6 Å². The Morgan fingerprint density at radius 1 is 1.56 bits per heavy atom. The summed E-state index contributed by atoms with van der Waals surface area (Å²) in [6, 6.07) is 0. The second-order valence-electron chi connectivity index (χ2n) is 4.10. The van der Waals surface area contributed by atoms with Gasteiger partial charge in [-0.25, -0.2) is 4.79 Å². The number of carboxylic acid groups (broad SMARTS) is 1. The third-order valence-corrected chi connectivity index (χ3v) is 3.55. The summed E-state index contributed by atoms with van der Waals surface area (Å²) < 4.78 is 5.13. The Bertz CT molecular complexity index is 274. The van der Waals surface area contributed by atoms with Gasteiger partial charge in [0.05, 0.1) is 6.10 Å². The van der Waals surface area contributed by atoms with Crippen LogP contribution in [0.2, 0.25) is 0 Å². The lowest BCUT2D eigenvalue weighted by atomic mass is 9.99. The quantitative estimate of drug-likeness (QED) is 0.739. The van der Waals surface area contributed by atoms with Crippen molar-refractivity contribution < 1.29 is 19.4 Å². The van der Waals surface area contributed by atoms with E-state index in [-0.39, 0.29) is 18.6 Å². The van der Waals surface area contributed by atoms with Gasteiger partial charge in [-0.3, -0.25) is 4.79 Å². The first kappa shape index (κ1) is 13.3. The van der Waals surface area contributed by atoms with Gasteiger partial charge in [0, 0.05) is 5.75 Å². The zero-order chi connectivity index (χ0) is 12.2. The van der Waals surface area contributed by atoms with E-state index in [1.165, 1.54) is 11.8 Å². The fourth-order valence-electron chi connectivity index (χ4n) is 1.43. The standard InChI is InChI=1S/C10H17NO4S/c1-7(2)15-5-8(12)11-10(9(13)14)3-4-16-6-10/h7H,3-6H2,1-2H3,(H,11,12)(H,13,14). The molecule has 1 heterocycles. The molecule has 1 rings (SSSR count). The molecule has 5 nitrogen and oxygen atoms in total. The molecule has 92 valence electrons. The van der Waals surface area contributed by atoms with Crippen molar-refractivity contribution in [3.8, 4) is 0 Å². The first-order valence-electron chi connectivity index (χ1n) is 5.20. The molecule has 1 saturated heterocycles. The van der Waals surface area contributed by atoms with Crippen molar-refractivity contribution >= 4 is 23.6 Å². The fraction of sp³-hybridized carbons (Fsp3) is 0.800. The van der Waals surface area contributed by atoms with Crippen molar-refractivity contribution in [1.82, 2.24) is 5.32 Å². The van der Waals surface area contributed by atoms with Gasteiger partial charge in [-0.15, -0.1) is 0 Å². The molecule has 0 aromatic carbocycles. The molecule has 0 aliphatic carbocycles. The predicted molar refractivity (Wildman–Crippen MR) is 61.5 cm³/mol. The number of aliphatic carboxylic acids is 1. The van der Waals surface area contributed by atoms with Gasteiger partial charge >= 0.3 is 5.97 Å². The molecular formula is C10H17NO4S. The minimum atomic E-state index is -1.10. The summed E-state index contributed by atoms with van der Waals surface area (Å²) in [5, 5.41) is 11.7. The molecule has 0 spiro atoms. The Kier molecular flexibility index (Phi) is 4.61. The Hall–Kier alpha value is -0.750. The van der Waals surface area contributed by atoms with Crippen LogP contribution in [-0.2, 0) is 14.3 Å². The Labute approximate surface area is 98.9 Å². The minimum Gasteiger partial charge on any atom is -0.479 e. The molecule has 1 amide bonds. The van der Waals surface area contributed by atoms with E-state index in [0.29, 0.717) is 12.2 Å². The van der Waals surface area contributed by atoms with Gasteiger partial charge in [0.25, 0.3) is 0 Å². The molecule has 0 aromatic heterocycles. The van der Waals surface area contributed by atoms with Crippen LogP contribution in [0.15, 0.2) is 0 Å². The fourth-order valence-corrected chi connectivity index (χ4v) is 2.76. The monoisotopic (exact) mass is 247 g/mol. The highest BCUT2D eigenvalue weighted by Crippen LogP contribution is 2.28. The van der Waals surface area contributed by atoms with Crippen LogP contribution < -0.4 is 5.32 Å². The van der Waals surface area contributed by atoms with Crippen LogP contribution in [-0.4, -0.2) is 46.7 Å². The number of hydrogen-bond donors (Lipinski definition) is 2. The zero-order valence-electron chi connectivity index (χ0n) is 9.49. The highest BCUT2D eigenvalue weighted by molar-refractivity contribution is 7.99. The van der Waals surface area contributed by atoms with Crippen LogP contribution in [0.25, 0.3) is 0 Å². The maximum atomic E-state index is 11.5. The predicted octanol–water partition coefficient (Wildman–Crippen LogP) is 0.488. The van der Waals surface area contributed by atoms with Gasteiger partial charge in [0.2, 0.25) is 5.91 Å². The number of ether oxygens (including phenoxy) is 1. The zero-order valence-corrected chi connectivity index (χ0v) is 10.3. The molecule has 2 N–H and O–H groups in total. The van der Waals surface area contributed by atoms with Crippen molar-refractivity contribution in [2.75, 3.05) is 18.1 Å². The largest absolute Gasteiger partial charge is 0.479 e. The molecule has 0 aromatic rings. The third-order valence-electron chi connectivity index (χ3n) is 2.36. The van der Waals surface area contributed by atoms with Crippen molar-refractivity contribution in [3.63, 3.8) is 0 Å². The number of carbonyl (C=O) groups excluding carboxylic acids is 1. The summed E-state index contributed by atoms with van der Waals surface area (Å²) >= 11 is 1.54. The third kappa shape index (κ3) is 3.38. The van der Waals surface area contributed by atoms with E-state index >= 15 is 0 Å².